The largest absolute Gasteiger partial charge is 0.510 e. The zero-order valence-electron chi connectivity index (χ0n) is 15.4. The molecule has 0 amide bonds. The van der Waals surface area contributed by atoms with E-state index in [4.69, 9.17) is 28.4 Å². The summed E-state index contributed by atoms with van der Waals surface area (Å²) in [4.78, 5) is 23.0. The van der Waals surface area contributed by atoms with Gasteiger partial charge in [0, 0.05) is 0 Å². The molecular formula is C18H28O8. The number of hydrogen-bond acceptors (Lipinski definition) is 8. The Kier molecular flexibility index (Phi) is 12.0. The van der Waals surface area contributed by atoms with E-state index < -0.39 is 24.9 Å². The Morgan fingerprint density at radius 1 is 0.808 bits per heavy atom. The van der Waals surface area contributed by atoms with Crippen molar-refractivity contribution >= 4 is 12.3 Å². The molecule has 0 aromatic rings. The molecule has 2 atom stereocenters. The zero-order chi connectivity index (χ0) is 19.0. The van der Waals surface area contributed by atoms with E-state index in [1.807, 2.05) is 38.2 Å². The first kappa shape index (κ1) is 22.0. The van der Waals surface area contributed by atoms with Crippen LogP contribution in [0.1, 0.15) is 39.5 Å². The molecule has 0 aromatic heterocycles. The maximum atomic E-state index is 11.5. The molecule has 1 aliphatic rings. The Labute approximate surface area is 154 Å². The van der Waals surface area contributed by atoms with Crippen LogP contribution in [0.3, 0.4) is 0 Å². The summed E-state index contributed by atoms with van der Waals surface area (Å²) in [7, 11) is 0. The van der Waals surface area contributed by atoms with Crippen LogP contribution < -0.4 is 0 Å². The Hall–Kier alpha value is -2.06. The first-order valence-electron chi connectivity index (χ1n) is 8.85. The highest BCUT2D eigenvalue weighted by molar-refractivity contribution is 5.60. The number of allylic oxidation sites excluding steroid dienone is 2. The fraction of sp³-hybridized carbons (Fsp3) is 0.667. The highest BCUT2D eigenvalue weighted by Crippen LogP contribution is 2.11. The molecule has 26 heavy (non-hydrogen) atoms. The molecule has 0 bridgehead atoms. The lowest BCUT2D eigenvalue weighted by Gasteiger charge is -2.27. The molecule has 1 heterocycles. The van der Waals surface area contributed by atoms with Crippen LogP contribution in [0.15, 0.2) is 24.3 Å². The van der Waals surface area contributed by atoms with Gasteiger partial charge in [0.1, 0.15) is 13.2 Å². The van der Waals surface area contributed by atoms with Gasteiger partial charge in [0.15, 0.2) is 0 Å². The van der Waals surface area contributed by atoms with Gasteiger partial charge in [-0.2, -0.15) is 0 Å². The molecule has 0 aromatic carbocycles. The highest BCUT2D eigenvalue weighted by atomic mass is 16.8. The predicted octanol–water partition coefficient (Wildman–Crippen LogP) is 3.70. The third kappa shape index (κ3) is 10.7. The summed E-state index contributed by atoms with van der Waals surface area (Å²) >= 11 is 0. The normalized spacial score (nSPS) is 20.2. The SMILES string of the molecule is CCC=CCCOC(=O)OC1COC(OC(=O)OCCC=CCC)CO1. The van der Waals surface area contributed by atoms with Crippen molar-refractivity contribution in [2.45, 2.75) is 52.1 Å². The van der Waals surface area contributed by atoms with Gasteiger partial charge in [-0.25, -0.2) is 9.59 Å². The summed E-state index contributed by atoms with van der Waals surface area (Å²) in [6, 6.07) is 0. The molecule has 1 fully saturated rings. The summed E-state index contributed by atoms with van der Waals surface area (Å²) in [6.45, 7) is 4.37. The molecule has 0 aliphatic carbocycles. The minimum absolute atomic E-state index is 0.0674. The second kappa shape index (κ2) is 14.1. The molecular weight excluding hydrogens is 344 g/mol. The van der Waals surface area contributed by atoms with Gasteiger partial charge in [0.25, 0.3) is 0 Å². The Morgan fingerprint density at radius 2 is 1.23 bits per heavy atom. The van der Waals surface area contributed by atoms with Gasteiger partial charge in [-0.3, -0.25) is 0 Å². The van der Waals surface area contributed by atoms with Crippen LogP contribution in [0, 0.1) is 0 Å². The number of carbonyl (C=O) groups excluding carboxylic acids is 2. The van der Waals surface area contributed by atoms with Crippen LogP contribution in [0.5, 0.6) is 0 Å². The van der Waals surface area contributed by atoms with Crippen molar-refractivity contribution in [1.82, 2.24) is 0 Å². The van der Waals surface area contributed by atoms with Crippen molar-refractivity contribution in [3.05, 3.63) is 24.3 Å². The quantitative estimate of drug-likeness (QED) is 0.326. The first-order valence-corrected chi connectivity index (χ1v) is 8.85. The molecule has 8 heteroatoms. The summed E-state index contributed by atoms with van der Waals surface area (Å²) in [5.41, 5.74) is 0. The van der Waals surface area contributed by atoms with Crippen LogP contribution in [0.2, 0.25) is 0 Å². The predicted molar refractivity (Wildman–Crippen MR) is 92.4 cm³/mol. The molecule has 1 saturated heterocycles. The van der Waals surface area contributed by atoms with Gasteiger partial charge >= 0.3 is 12.3 Å². The summed E-state index contributed by atoms with van der Waals surface area (Å²) in [5, 5.41) is 0. The van der Waals surface area contributed by atoms with E-state index in [-0.39, 0.29) is 26.4 Å². The van der Waals surface area contributed by atoms with E-state index in [2.05, 4.69) is 0 Å². The maximum Gasteiger partial charge on any atom is 0.510 e. The van der Waals surface area contributed by atoms with E-state index in [0.29, 0.717) is 12.8 Å². The van der Waals surface area contributed by atoms with Crippen molar-refractivity contribution in [1.29, 1.82) is 0 Å². The monoisotopic (exact) mass is 372 g/mol. The molecule has 0 saturated carbocycles. The minimum atomic E-state index is -0.899. The Morgan fingerprint density at radius 3 is 1.58 bits per heavy atom. The Bertz CT molecular complexity index is 410. The number of ether oxygens (including phenoxy) is 6. The topological polar surface area (TPSA) is 89.5 Å². The van der Waals surface area contributed by atoms with Crippen LogP contribution in [0.4, 0.5) is 9.59 Å². The van der Waals surface area contributed by atoms with Crippen molar-refractivity contribution < 1.29 is 38.0 Å². The lowest BCUT2D eigenvalue weighted by molar-refractivity contribution is -0.268. The zero-order valence-corrected chi connectivity index (χ0v) is 15.4. The number of rotatable bonds is 10. The van der Waals surface area contributed by atoms with Crippen molar-refractivity contribution in [2.24, 2.45) is 0 Å². The third-order valence-electron chi connectivity index (χ3n) is 3.11. The van der Waals surface area contributed by atoms with Gasteiger partial charge in [-0.15, -0.1) is 0 Å². The van der Waals surface area contributed by atoms with Gasteiger partial charge in [0.05, 0.1) is 13.2 Å². The molecule has 148 valence electrons. The fourth-order valence-corrected chi connectivity index (χ4v) is 1.88. The smallest absolute Gasteiger partial charge is 0.434 e. The molecule has 2 unspecified atom stereocenters. The maximum absolute atomic E-state index is 11.5. The van der Waals surface area contributed by atoms with Crippen LogP contribution in [-0.2, 0) is 28.4 Å². The summed E-state index contributed by atoms with van der Waals surface area (Å²) in [5.74, 6) is 0. The third-order valence-corrected chi connectivity index (χ3v) is 3.11. The fourth-order valence-electron chi connectivity index (χ4n) is 1.88. The number of carbonyl (C=O) groups is 2. The first-order chi connectivity index (χ1) is 12.7. The van der Waals surface area contributed by atoms with E-state index in [9.17, 15) is 9.59 Å². The highest BCUT2D eigenvalue weighted by Gasteiger charge is 2.28. The lowest BCUT2D eigenvalue weighted by atomic mass is 10.3. The average molecular weight is 372 g/mol. The van der Waals surface area contributed by atoms with Gasteiger partial charge in [-0.05, 0) is 25.7 Å². The average Bonchev–Trinajstić information content (AvgIpc) is 2.63. The standard InChI is InChI=1S/C18H28O8/c1-3-5-7-9-11-21-17(19)25-15-13-24-16(14-23-15)26-18(20)22-12-10-8-6-4-2/h5-8,15-16H,3-4,9-14H2,1-2H3. The molecule has 8 nitrogen and oxygen atoms in total. The second-order valence-electron chi connectivity index (χ2n) is 5.30. The summed E-state index contributed by atoms with van der Waals surface area (Å²) < 4.78 is 30.2. The van der Waals surface area contributed by atoms with Gasteiger partial charge in [-0.1, -0.05) is 38.2 Å². The van der Waals surface area contributed by atoms with Gasteiger partial charge < -0.3 is 28.4 Å². The van der Waals surface area contributed by atoms with E-state index in [0.717, 1.165) is 12.8 Å². The van der Waals surface area contributed by atoms with E-state index in [1.54, 1.807) is 0 Å². The van der Waals surface area contributed by atoms with E-state index >= 15 is 0 Å². The van der Waals surface area contributed by atoms with Crippen LogP contribution >= 0.6 is 0 Å². The molecule has 0 spiro atoms. The number of hydrogen-bond donors (Lipinski definition) is 0. The minimum Gasteiger partial charge on any atom is -0.434 e. The molecule has 0 radical (unpaired) electrons. The summed E-state index contributed by atoms with van der Waals surface area (Å²) in [6.07, 6.45) is 7.48. The van der Waals surface area contributed by atoms with E-state index in [1.165, 1.54) is 0 Å². The lowest BCUT2D eigenvalue weighted by Crippen LogP contribution is -2.40. The van der Waals surface area contributed by atoms with Crippen molar-refractivity contribution in [3.63, 3.8) is 0 Å². The molecule has 1 aliphatic heterocycles. The molecule has 0 N–H and O–H groups in total. The van der Waals surface area contributed by atoms with Crippen molar-refractivity contribution in [3.8, 4) is 0 Å². The second-order valence-corrected chi connectivity index (χ2v) is 5.30. The van der Waals surface area contributed by atoms with Crippen molar-refractivity contribution in [2.75, 3.05) is 26.4 Å². The Balaban J connectivity index is 2.10. The van der Waals surface area contributed by atoms with Crippen LogP contribution in [0.25, 0.3) is 0 Å². The van der Waals surface area contributed by atoms with Gasteiger partial charge in [0.2, 0.25) is 12.6 Å². The van der Waals surface area contributed by atoms with Crippen LogP contribution in [-0.4, -0.2) is 51.3 Å². The molecule has 1 rings (SSSR count).